The number of aliphatic hydroxyl groups excluding tert-OH is 1. The van der Waals surface area contributed by atoms with E-state index in [4.69, 9.17) is 0 Å². The summed E-state index contributed by atoms with van der Waals surface area (Å²) >= 11 is 2.05. The minimum absolute atomic E-state index is 0.473. The molecule has 3 nitrogen and oxygen atoms in total. The van der Waals surface area contributed by atoms with Crippen molar-refractivity contribution >= 4 is 11.8 Å². The molecule has 82 valence electrons. The summed E-state index contributed by atoms with van der Waals surface area (Å²) in [6.07, 6.45) is 4.78. The molecule has 0 aromatic carbocycles. The fraction of sp³-hybridized carbons (Fsp3) is 1.00. The number of hydrogen-bond donors (Lipinski definition) is 3. The molecule has 0 aromatic heterocycles. The van der Waals surface area contributed by atoms with Crippen LogP contribution in [-0.4, -0.2) is 34.5 Å². The average molecular weight is 216 g/mol. The topological polar surface area (TPSA) is 44.3 Å². The molecule has 0 amide bonds. The van der Waals surface area contributed by atoms with Crippen LogP contribution in [0.25, 0.3) is 0 Å². The van der Waals surface area contributed by atoms with Crippen molar-refractivity contribution < 1.29 is 5.11 Å². The van der Waals surface area contributed by atoms with Gasteiger partial charge < -0.3 is 5.11 Å². The first-order valence-electron chi connectivity index (χ1n) is 5.63. The van der Waals surface area contributed by atoms with Crippen LogP contribution in [0.15, 0.2) is 0 Å². The molecule has 4 atom stereocenters. The summed E-state index contributed by atoms with van der Waals surface area (Å²) in [5, 5.41) is 16.5. The zero-order chi connectivity index (χ0) is 9.97. The lowest BCUT2D eigenvalue weighted by molar-refractivity contribution is 0.130. The summed E-state index contributed by atoms with van der Waals surface area (Å²) in [6, 6.07) is 0.980. The van der Waals surface area contributed by atoms with Crippen LogP contribution in [-0.2, 0) is 0 Å². The third kappa shape index (κ3) is 2.24. The van der Waals surface area contributed by atoms with E-state index in [2.05, 4.69) is 29.3 Å². The Morgan fingerprint density at radius 3 is 3.00 bits per heavy atom. The second-order valence-corrected chi connectivity index (χ2v) is 5.51. The van der Waals surface area contributed by atoms with Crippen molar-refractivity contribution in [2.45, 2.75) is 56.3 Å². The van der Waals surface area contributed by atoms with Crippen LogP contribution in [0.3, 0.4) is 0 Å². The molecule has 2 aliphatic heterocycles. The number of nitrogens with one attached hydrogen (secondary N) is 2. The van der Waals surface area contributed by atoms with E-state index in [1.165, 1.54) is 25.7 Å². The third-order valence-corrected chi connectivity index (χ3v) is 4.65. The van der Waals surface area contributed by atoms with Crippen molar-refractivity contribution in [3.63, 3.8) is 0 Å². The van der Waals surface area contributed by atoms with E-state index in [9.17, 15) is 5.11 Å². The number of thioether (sulfide) groups is 1. The number of fused-ring (bicyclic) bond motifs is 1. The second kappa shape index (κ2) is 4.84. The molecule has 14 heavy (non-hydrogen) atoms. The molecule has 2 saturated heterocycles. The maximum absolute atomic E-state index is 9.39. The van der Waals surface area contributed by atoms with Gasteiger partial charge in [-0.2, -0.15) is 11.8 Å². The first-order chi connectivity index (χ1) is 6.81. The molecule has 0 saturated carbocycles. The van der Waals surface area contributed by atoms with Gasteiger partial charge in [0.2, 0.25) is 0 Å². The Bertz CT molecular complexity index is 191. The van der Waals surface area contributed by atoms with Gasteiger partial charge in [-0.1, -0.05) is 26.2 Å². The van der Waals surface area contributed by atoms with Crippen molar-refractivity contribution in [1.29, 1.82) is 0 Å². The Morgan fingerprint density at radius 1 is 1.36 bits per heavy atom. The minimum atomic E-state index is -0.473. The molecule has 0 aliphatic carbocycles. The predicted molar refractivity (Wildman–Crippen MR) is 60.2 cm³/mol. The minimum Gasteiger partial charge on any atom is -0.365 e. The normalized spacial score (nSPS) is 41.6. The van der Waals surface area contributed by atoms with E-state index in [0.29, 0.717) is 17.3 Å². The number of aliphatic hydroxyl groups is 1. The molecule has 0 aromatic rings. The lowest BCUT2D eigenvalue weighted by atomic mass is 10.0. The first-order valence-corrected chi connectivity index (χ1v) is 6.68. The molecular formula is C10H20N2OS. The van der Waals surface area contributed by atoms with Gasteiger partial charge in [-0.3, -0.25) is 10.6 Å². The molecule has 0 spiro atoms. The summed E-state index contributed by atoms with van der Waals surface area (Å²) in [6.45, 7) is 2.24. The molecule has 0 bridgehead atoms. The highest BCUT2D eigenvalue weighted by molar-refractivity contribution is 8.00. The van der Waals surface area contributed by atoms with E-state index in [1.54, 1.807) is 0 Å². The molecule has 3 N–H and O–H groups in total. The standard InChI is InChI=1S/C10H20N2OS/c1-2-3-4-5-8-9-7(6-14-8)11-10(13)12-9/h7-13H,2-6H2,1H3. The van der Waals surface area contributed by atoms with Crippen LogP contribution >= 0.6 is 11.8 Å². The summed E-state index contributed by atoms with van der Waals surface area (Å²) < 4.78 is 0. The Kier molecular flexibility index (Phi) is 3.71. The molecule has 2 heterocycles. The van der Waals surface area contributed by atoms with Crippen LogP contribution < -0.4 is 10.6 Å². The van der Waals surface area contributed by atoms with E-state index in [-0.39, 0.29) is 0 Å². The Labute approximate surface area is 90.0 Å². The van der Waals surface area contributed by atoms with Crippen molar-refractivity contribution in [2.75, 3.05) is 5.75 Å². The lowest BCUT2D eigenvalue weighted by Crippen LogP contribution is -2.37. The van der Waals surface area contributed by atoms with Gasteiger partial charge in [0.15, 0.2) is 6.35 Å². The average Bonchev–Trinajstić information content (AvgIpc) is 2.66. The summed E-state index contributed by atoms with van der Waals surface area (Å²) in [5.41, 5.74) is 0. The zero-order valence-electron chi connectivity index (χ0n) is 8.70. The molecule has 0 radical (unpaired) electrons. The molecule has 4 unspecified atom stereocenters. The van der Waals surface area contributed by atoms with Crippen LogP contribution in [0.2, 0.25) is 0 Å². The third-order valence-electron chi connectivity index (χ3n) is 3.14. The summed E-state index contributed by atoms with van der Waals surface area (Å²) in [4.78, 5) is 0. The largest absolute Gasteiger partial charge is 0.365 e. The van der Waals surface area contributed by atoms with Gasteiger partial charge >= 0.3 is 0 Å². The SMILES string of the molecule is CCCCCC1SCC2NC(O)NC21. The first kappa shape index (κ1) is 10.7. The van der Waals surface area contributed by atoms with Gasteiger partial charge in [0.1, 0.15) is 0 Å². The fourth-order valence-electron chi connectivity index (χ4n) is 2.36. The van der Waals surface area contributed by atoms with Crippen LogP contribution in [0, 0.1) is 0 Å². The number of rotatable bonds is 4. The molecular weight excluding hydrogens is 196 g/mol. The second-order valence-electron chi connectivity index (χ2n) is 4.24. The highest BCUT2D eigenvalue weighted by Gasteiger charge is 2.42. The van der Waals surface area contributed by atoms with Crippen molar-refractivity contribution in [3.05, 3.63) is 0 Å². The van der Waals surface area contributed by atoms with Crippen molar-refractivity contribution in [1.82, 2.24) is 10.6 Å². The van der Waals surface area contributed by atoms with E-state index >= 15 is 0 Å². The highest BCUT2D eigenvalue weighted by atomic mass is 32.2. The fourth-order valence-corrected chi connectivity index (χ4v) is 3.93. The number of unbranched alkanes of at least 4 members (excludes halogenated alkanes) is 2. The van der Waals surface area contributed by atoms with Gasteiger partial charge in [-0.05, 0) is 6.42 Å². The number of hydrogen-bond acceptors (Lipinski definition) is 4. The lowest BCUT2D eigenvalue weighted by Gasteiger charge is -2.17. The van der Waals surface area contributed by atoms with Crippen molar-refractivity contribution in [3.8, 4) is 0 Å². The van der Waals surface area contributed by atoms with Gasteiger partial charge in [0.25, 0.3) is 0 Å². The van der Waals surface area contributed by atoms with E-state index < -0.39 is 6.35 Å². The van der Waals surface area contributed by atoms with Gasteiger partial charge in [-0.15, -0.1) is 0 Å². The Morgan fingerprint density at radius 2 is 2.21 bits per heavy atom. The van der Waals surface area contributed by atoms with Gasteiger partial charge in [0.05, 0.1) is 0 Å². The maximum Gasteiger partial charge on any atom is 0.161 e. The van der Waals surface area contributed by atoms with Crippen LogP contribution in [0.1, 0.15) is 32.6 Å². The van der Waals surface area contributed by atoms with Gasteiger partial charge in [-0.25, -0.2) is 0 Å². The Balaban J connectivity index is 1.77. The van der Waals surface area contributed by atoms with Gasteiger partial charge in [0, 0.05) is 23.1 Å². The molecule has 2 aliphatic rings. The molecule has 4 heteroatoms. The summed E-state index contributed by atoms with van der Waals surface area (Å²) in [7, 11) is 0. The van der Waals surface area contributed by atoms with Crippen molar-refractivity contribution in [2.24, 2.45) is 0 Å². The summed E-state index contributed by atoms with van der Waals surface area (Å²) in [5.74, 6) is 1.14. The quantitative estimate of drug-likeness (QED) is 0.611. The van der Waals surface area contributed by atoms with E-state index in [1.807, 2.05) is 0 Å². The monoisotopic (exact) mass is 216 g/mol. The predicted octanol–water partition coefficient (Wildman–Crippen LogP) is 0.888. The van der Waals surface area contributed by atoms with Crippen LogP contribution in [0.4, 0.5) is 0 Å². The Hall–Kier alpha value is 0.230. The smallest absolute Gasteiger partial charge is 0.161 e. The zero-order valence-corrected chi connectivity index (χ0v) is 9.52. The highest BCUT2D eigenvalue weighted by Crippen LogP contribution is 2.33. The molecule has 2 rings (SSSR count). The van der Waals surface area contributed by atoms with E-state index in [0.717, 1.165) is 5.75 Å². The molecule has 2 fully saturated rings. The maximum atomic E-state index is 9.39. The van der Waals surface area contributed by atoms with Crippen LogP contribution in [0.5, 0.6) is 0 Å².